The molecule has 1 amide bonds. The van der Waals surface area contributed by atoms with E-state index in [1.54, 1.807) is 0 Å². The van der Waals surface area contributed by atoms with Gasteiger partial charge in [0.15, 0.2) is 5.13 Å². The molecule has 24 heavy (non-hydrogen) atoms. The van der Waals surface area contributed by atoms with E-state index in [9.17, 15) is 4.79 Å². The smallest absolute Gasteiger partial charge is 0.248 e. The van der Waals surface area contributed by atoms with Crippen molar-refractivity contribution in [1.82, 2.24) is 25.2 Å². The zero-order valence-corrected chi connectivity index (χ0v) is 13.3. The molecule has 0 unspecified atom stereocenters. The first-order valence-corrected chi connectivity index (χ1v) is 8.11. The summed E-state index contributed by atoms with van der Waals surface area (Å²) in [7, 11) is 0. The Morgan fingerprint density at radius 1 is 1.17 bits per heavy atom. The Morgan fingerprint density at radius 3 is 2.88 bits per heavy atom. The van der Waals surface area contributed by atoms with E-state index in [1.165, 1.54) is 27.7 Å². The average Bonchev–Trinajstić information content (AvgIpc) is 3.26. The van der Waals surface area contributed by atoms with E-state index in [-0.39, 0.29) is 12.5 Å². The molecule has 4 aromatic rings. The van der Waals surface area contributed by atoms with Gasteiger partial charge < -0.3 is 5.32 Å². The van der Waals surface area contributed by atoms with Crippen molar-refractivity contribution in [3.63, 3.8) is 0 Å². The highest BCUT2D eigenvalue weighted by molar-refractivity contribution is 7.14. The number of carbonyl (C=O) groups excluding carboxylic acids is 1. The lowest BCUT2D eigenvalue weighted by Gasteiger charge is -2.02. The molecule has 2 aromatic carbocycles. The summed E-state index contributed by atoms with van der Waals surface area (Å²) >= 11 is 1.39. The molecular formula is C16H12N6OS. The summed E-state index contributed by atoms with van der Waals surface area (Å²) < 4.78 is 1.35. The first-order valence-electron chi connectivity index (χ1n) is 7.23. The van der Waals surface area contributed by atoms with Gasteiger partial charge in [-0.3, -0.25) is 4.79 Å². The molecule has 7 nitrogen and oxygen atoms in total. The van der Waals surface area contributed by atoms with Crippen LogP contribution in [-0.2, 0) is 11.3 Å². The summed E-state index contributed by atoms with van der Waals surface area (Å²) in [5.41, 5.74) is 1.86. The molecule has 2 aromatic heterocycles. The second-order valence-corrected chi connectivity index (χ2v) is 6.01. The van der Waals surface area contributed by atoms with Crippen molar-refractivity contribution in [2.75, 3.05) is 5.32 Å². The lowest BCUT2D eigenvalue weighted by Crippen LogP contribution is -2.19. The van der Waals surface area contributed by atoms with Crippen LogP contribution in [0.15, 0.2) is 54.2 Å². The number of tetrazole rings is 1. The summed E-state index contributed by atoms with van der Waals surface area (Å²) in [6.45, 7) is 0.0535. The molecule has 0 fully saturated rings. The maximum atomic E-state index is 11.9. The molecule has 0 spiro atoms. The predicted molar refractivity (Wildman–Crippen MR) is 91.5 cm³/mol. The number of hydrogen-bond acceptors (Lipinski definition) is 6. The maximum absolute atomic E-state index is 11.9. The minimum absolute atomic E-state index is 0.0535. The van der Waals surface area contributed by atoms with E-state index in [4.69, 9.17) is 0 Å². The van der Waals surface area contributed by atoms with Crippen LogP contribution in [0.1, 0.15) is 0 Å². The molecule has 4 rings (SSSR count). The highest BCUT2D eigenvalue weighted by Crippen LogP contribution is 2.27. The van der Waals surface area contributed by atoms with Gasteiger partial charge in [0.2, 0.25) is 5.91 Å². The SMILES string of the molecule is O=C(Cn1cnnn1)Nc1nc(-c2ccc3ccccc3c2)cs1. The Hall–Kier alpha value is -3.13. The van der Waals surface area contributed by atoms with Crippen molar-refractivity contribution < 1.29 is 4.79 Å². The van der Waals surface area contributed by atoms with Gasteiger partial charge in [-0.1, -0.05) is 36.4 Å². The summed E-state index contributed by atoms with van der Waals surface area (Å²) in [6, 6.07) is 14.4. The van der Waals surface area contributed by atoms with Crippen LogP contribution in [-0.4, -0.2) is 31.1 Å². The fourth-order valence-electron chi connectivity index (χ4n) is 2.37. The number of amides is 1. The normalized spacial score (nSPS) is 10.8. The van der Waals surface area contributed by atoms with Gasteiger partial charge in [-0.2, -0.15) is 0 Å². The summed E-state index contributed by atoms with van der Waals surface area (Å²) in [5.74, 6) is -0.221. The summed E-state index contributed by atoms with van der Waals surface area (Å²) in [5, 5.41) is 18.2. The standard InChI is InChI=1S/C16H12N6OS/c23-15(8-22-10-17-20-21-22)19-16-18-14(9-24-16)13-6-5-11-3-1-2-4-12(11)7-13/h1-7,9-10H,8H2,(H,18,19,23). The van der Waals surface area contributed by atoms with Gasteiger partial charge in [0.1, 0.15) is 12.9 Å². The largest absolute Gasteiger partial charge is 0.300 e. The number of hydrogen-bond donors (Lipinski definition) is 1. The van der Waals surface area contributed by atoms with Crippen molar-refractivity contribution in [2.45, 2.75) is 6.54 Å². The lowest BCUT2D eigenvalue weighted by molar-refractivity contribution is -0.116. The Balaban J connectivity index is 1.52. The number of carbonyl (C=O) groups is 1. The Kier molecular flexibility index (Phi) is 3.72. The van der Waals surface area contributed by atoms with Gasteiger partial charge in [0.05, 0.1) is 5.69 Å². The van der Waals surface area contributed by atoms with Crippen LogP contribution in [0.25, 0.3) is 22.0 Å². The number of nitrogens with zero attached hydrogens (tertiary/aromatic N) is 5. The highest BCUT2D eigenvalue weighted by Gasteiger charge is 2.09. The van der Waals surface area contributed by atoms with Crippen molar-refractivity contribution >= 4 is 33.1 Å². The molecule has 0 aliphatic heterocycles. The van der Waals surface area contributed by atoms with Gasteiger partial charge in [-0.15, -0.1) is 16.4 Å². The number of benzene rings is 2. The van der Waals surface area contributed by atoms with Gasteiger partial charge in [0.25, 0.3) is 0 Å². The number of aromatic nitrogens is 5. The predicted octanol–water partition coefficient (Wildman–Crippen LogP) is 2.59. The minimum Gasteiger partial charge on any atom is -0.300 e. The zero-order chi connectivity index (χ0) is 16.4. The van der Waals surface area contributed by atoms with E-state index >= 15 is 0 Å². The summed E-state index contributed by atoms with van der Waals surface area (Å²) in [4.78, 5) is 16.4. The topological polar surface area (TPSA) is 85.6 Å². The Morgan fingerprint density at radius 2 is 2.04 bits per heavy atom. The quantitative estimate of drug-likeness (QED) is 0.619. The zero-order valence-electron chi connectivity index (χ0n) is 12.5. The number of anilines is 1. The van der Waals surface area contributed by atoms with Crippen LogP contribution >= 0.6 is 11.3 Å². The molecule has 118 valence electrons. The van der Waals surface area contributed by atoms with E-state index in [0.29, 0.717) is 5.13 Å². The third-order valence-corrected chi connectivity index (χ3v) is 4.25. The molecule has 2 heterocycles. The first-order chi connectivity index (χ1) is 11.8. The maximum Gasteiger partial charge on any atom is 0.248 e. The fourth-order valence-corrected chi connectivity index (χ4v) is 3.11. The average molecular weight is 336 g/mol. The Bertz CT molecular complexity index is 995. The third-order valence-electron chi connectivity index (χ3n) is 3.49. The number of thiazole rings is 1. The van der Waals surface area contributed by atoms with Crippen molar-refractivity contribution in [2.24, 2.45) is 0 Å². The lowest BCUT2D eigenvalue weighted by atomic mass is 10.1. The second kappa shape index (κ2) is 6.17. The van der Waals surface area contributed by atoms with Crippen LogP contribution in [0.2, 0.25) is 0 Å². The monoisotopic (exact) mass is 336 g/mol. The number of nitrogens with one attached hydrogen (secondary N) is 1. The number of fused-ring (bicyclic) bond motifs is 1. The van der Waals surface area contributed by atoms with Crippen molar-refractivity contribution in [1.29, 1.82) is 0 Å². The van der Waals surface area contributed by atoms with E-state index in [2.05, 4.69) is 50.1 Å². The first kappa shape index (κ1) is 14.5. The molecule has 0 aliphatic rings. The third kappa shape index (κ3) is 2.99. The van der Waals surface area contributed by atoms with Crippen molar-refractivity contribution in [3.8, 4) is 11.3 Å². The van der Waals surface area contributed by atoms with Crippen LogP contribution in [0.3, 0.4) is 0 Å². The molecule has 0 radical (unpaired) electrons. The van der Waals surface area contributed by atoms with E-state index < -0.39 is 0 Å². The van der Waals surface area contributed by atoms with Crippen LogP contribution in [0, 0.1) is 0 Å². The van der Waals surface area contributed by atoms with Crippen LogP contribution < -0.4 is 5.32 Å². The number of rotatable bonds is 4. The molecule has 0 saturated heterocycles. The molecule has 0 saturated carbocycles. The molecule has 8 heteroatoms. The molecular weight excluding hydrogens is 324 g/mol. The molecule has 0 atom stereocenters. The van der Waals surface area contributed by atoms with Crippen LogP contribution in [0.4, 0.5) is 5.13 Å². The highest BCUT2D eigenvalue weighted by atomic mass is 32.1. The second-order valence-electron chi connectivity index (χ2n) is 5.16. The molecule has 0 aliphatic carbocycles. The fraction of sp³-hybridized carbons (Fsp3) is 0.0625. The molecule has 0 bridgehead atoms. The Labute approximate surface area is 141 Å². The van der Waals surface area contributed by atoms with E-state index in [1.807, 2.05) is 23.6 Å². The molecule has 1 N–H and O–H groups in total. The van der Waals surface area contributed by atoms with Gasteiger partial charge in [-0.25, -0.2) is 9.67 Å². The van der Waals surface area contributed by atoms with Gasteiger partial charge >= 0.3 is 0 Å². The van der Waals surface area contributed by atoms with Gasteiger partial charge in [0, 0.05) is 10.9 Å². The minimum atomic E-state index is -0.221. The summed E-state index contributed by atoms with van der Waals surface area (Å²) in [6.07, 6.45) is 1.39. The van der Waals surface area contributed by atoms with E-state index in [0.717, 1.165) is 16.6 Å². The van der Waals surface area contributed by atoms with Crippen molar-refractivity contribution in [3.05, 3.63) is 54.2 Å². The van der Waals surface area contributed by atoms with Crippen LogP contribution in [0.5, 0.6) is 0 Å². The van der Waals surface area contributed by atoms with Gasteiger partial charge in [-0.05, 0) is 27.3 Å².